The highest BCUT2D eigenvalue weighted by molar-refractivity contribution is 6.49. The molecule has 0 aliphatic carbocycles. The molecule has 6 heteroatoms. The smallest absolute Gasteiger partial charge is 0.276 e. The van der Waals surface area contributed by atoms with Crippen molar-refractivity contribution < 1.29 is 14.4 Å². The molecule has 1 aromatic carbocycles. The number of halogens is 1. The topological polar surface area (TPSA) is 75.3 Å². The lowest BCUT2D eigenvalue weighted by Gasteiger charge is -2.28. The molecule has 1 heterocycles. The molecule has 5 nitrogen and oxygen atoms in total. The van der Waals surface area contributed by atoms with Crippen LogP contribution in [0.2, 0.25) is 0 Å². The van der Waals surface area contributed by atoms with Crippen molar-refractivity contribution in [2.45, 2.75) is 11.3 Å². The van der Waals surface area contributed by atoms with Crippen molar-refractivity contribution >= 4 is 29.4 Å². The second-order valence-electron chi connectivity index (χ2n) is 3.70. The van der Waals surface area contributed by atoms with Gasteiger partial charge in [0.25, 0.3) is 11.8 Å². The Kier molecular flexibility index (Phi) is 2.85. The van der Waals surface area contributed by atoms with Crippen molar-refractivity contribution in [3.05, 3.63) is 35.9 Å². The molecular formula is C11H9ClN2O3. The van der Waals surface area contributed by atoms with Crippen LogP contribution in [-0.4, -0.2) is 22.7 Å². The zero-order valence-electron chi connectivity index (χ0n) is 8.70. The molecule has 1 saturated heterocycles. The fraction of sp³-hybridized carbons (Fsp3) is 0.182. The number of rotatable bonds is 2. The molecule has 0 bridgehead atoms. The van der Waals surface area contributed by atoms with Crippen LogP contribution in [0, 0.1) is 0 Å². The fourth-order valence-electron chi connectivity index (χ4n) is 1.58. The zero-order valence-corrected chi connectivity index (χ0v) is 9.45. The van der Waals surface area contributed by atoms with E-state index in [0.717, 1.165) is 5.56 Å². The largest absolute Gasteiger partial charge is 0.328 e. The van der Waals surface area contributed by atoms with Gasteiger partial charge in [0.1, 0.15) is 0 Å². The van der Waals surface area contributed by atoms with E-state index in [2.05, 4.69) is 0 Å². The quantitative estimate of drug-likeness (QED) is 0.597. The van der Waals surface area contributed by atoms with E-state index in [1.807, 2.05) is 16.7 Å². The Balaban J connectivity index is 2.26. The number of carbonyl (C=O) groups excluding carboxylic acids is 3. The molecule has 0 atom stereocenters. The number of alkyl halides is 1. The van der Waals surface area contributed by atoms with Gasteiger partial charge in [-0.3, -0.25) is 20.2 Å². The van der Waals surface area contributed by atoms with E-state index in [0.29, 0.717) is 0 Å². The number of carbonyl (C=O) groups is 3. The van der Waals surface area contributed by atoms with Crippen molar-refractivity contribution in [1.82, 2.24) is 10.6 Å². The van der Waals surface area contributed by atoms with E-state index in [1.165, 1.54) is 0 Å². The summed E-state index contributed by atoms with van der Waals surface area (Å²) in [6, 6.07) is 8.03. The first-order chi connectivity index (χ1) is 8.02. The predicted octanol–water partition coefficient (Wildman–Crippen LogP) is 0.573. The van der Waals surface area contributed by atoms with Gasteiger partial charge >= 0.3 is 6.03 Å². The Bertz CT molecular complexity index is 467. The van der Waals surface area contributed by atoms with E-state index in [4.69, 9.17) is 11.6 Å². The molecule has 2 N–H and O–H groups in total. The van der Waals surface area contributed by atoms with Gasteiger partial charge in [0.15, 0.2) is 0 Å². The van der Waals surface area contributed by atoms with Crippen LogP contribution in [0.5, 0.6) is 0 Å². The summed E-state index contributed by atoms with van der Waals surface area (Å²) in [5.74, 6) is -1.59. The molecule has 0 unspecified atom stereocenters. The molecule has 0 spiro atoms. The van der Waals surface area contributed by atoms with Gasteiger partial charge in [-0.2, -0.15) is 0 Å². The summed E-state index contributed by atoms with van der Waals surface area (Å²) in [7, 11) is 0. The third-order valence-electron chi connectivity index (χ3n) is 2.46. The van der Waals surface area contributed by atoms with Gasteiger partial charge in [-0.1, -0.05) is 41.9 Å². The minimum Gasteiger partial charge on any atom is -0.276 e. The number of urea groups is 1. The Morgan fingerprint density at radius 1 is 1.00 bits per heavy atom. The van der Waals surface area contributed by atoms with E-state index in [1.54, 1.807) is 24.3 Å². The minimum atomic E-state index is -1.77. The highest BCUT2D eigenvalue weighted by Gasteiger charge is 2.48. The van der Waals surface area contributed by atoms with Crippen LogP contribution in [-0.2, 0) is 16.0 Å². The molecule has 1 aliphatic heterocycles. The Labute approximate surface area is 102 Å². The minimum absolute atomic E-state index is 0.0281. The number of hydrogen-bond acceptors (Lipinski definition) is 3. The van der Waals surface area contributed by atoms with Gasteiger partial charge in [0, 0.05) is 6.42 Å². The van der Waals surface area contributed by atoms with E-state index in [-0.39, 0.29) is 6.42 Å². The predicted molar refractivity (Wildman–Crippen MR) is 60.4 cm³/mol. The molecule has 4 amide bonds. The summed E-state index contributed by atoms with van der Waals surface area (Å²) in [4.78, 5) is 32.4. The van der Waals surface area contributed by atoms with Crippen LogP contribution in [0.4, 0.5) is 4.79 Å². The average molecular weight is 253 g/mol. The molecule has 1 aromatic rings. The van der Waals surface area contributed by atoms with Crippen LogP contribution in [0.25, 0.3) is 0 Å². The molecular weight excluding hydrogens is 244 g/mol. The average Bonchev–Trinajstić information content (AvgIpc) is 2.28. The highest BCUT2D eigenvalue weighted by Crippen LogP contribution is 2.24. The second-order valence-corrected chi connectivity index (χ2v) is 4.35. The van der Waals surface area contributed by atoms with Gasteiger partial charge in [0.05, 0.1) is 0 Å². The summed E-state index contributed by atoms with van der Waals surface area (Å²) in [6.45, 7) is 0. The molecule has 2 rings (SSSR count). The zero-order chi connectivity index (χ0) is 12.5. The number of benzene rings is 1. The standard InChI is InChI=1S/C11H9ClN2O3/c12-11(6-7-4-2-1-3-5-7)8(15)13-10(17)14-9(11)16/h1-5H,6H2,(H2,13,14,15,16,17). The molecule has 1 fully saturated rings. The molecule has 17 heavy (non-hydrogen) atoms. The van der Waals surface area contributed by atoms with Crippen LogP contribution in [0.15, 0.2) is 30.3 Å². The molecule has 88 valence electrons. The molecule has 0 aromatic heterocycles. The lowest BCUT2D eigenvalue weighted by atomic mass is 9.95. The third-order valence-corrected chi connectivity index (χ3v) is 2.94. The number of nitrogens with one attached hydrogen (secondary N) is 2. The first-order valence-electron chi connectivity index (χ1n) is 4.92. The molecule has 0 radical (unpaired) electrons. The monoisotopic (exact) mass is 252 g/mol. The SMILES string of the molecule is O=C1NC(=O)C(Cl)(Cc2ccccc2)C(=O)N1. The van der Waals surface area contributed by atoms with Crippen molar-refractivity contribution in [2.75, 3.05) is 0 Å². The van der Waals surface area contributed by atoms with Crippen LogP contribution in [0.1, 0.15) is 5.56 Å². The Hall–Kier alpha value is -1.88. The number of barbiturate groups is 1. The van der Waals surface area contributed by atoms with Crippen molar-refractivity contribution in [3.8, 4) is 0 Å². The summed E-state index contributed by atoms with van der Waals surface area (Å²) >= 11 is 6.00. The van der Waals surface area contributed by atoms with Crippen molar-refractivity contribution in [1.29, 1.82) is 0 Å². The maximum absolute atomic E-state index is 11.6. The number of imide groups is 2. The lowest BCUT2D eigenvalue weighted by Crippen LogP contribution is -2.64. The van der Waals surface area contributed by atoms with Crippen molar-refractivity contribution in [3.63, 3.8) is 0 Å². The van der Waals surface area contributed by atoms with Crippen LogP contribution in [0.3, 0.4) is 0 Å². The van der Waals surface area contributed by atoms with Gasteiger partial charge in [0.2, 0.25) is 4.87 Å². The highest BCUT2D eigenvalue weighted by atomic mass is 35.5. The maximum Gasteiger partial charge on any atom is 0.328 e. The number of amides is 4. The summed E-state index contributed by atoms with van der Waals surface area (Å²) in [5, 5.41) is 3.96. The number of hydrogen-bond donors (Lipinski definition) is 2. The van der Waals surface area contributed by atoms with E-state index >= 15 is 0 Å². The maximum atomic E-state index is 11.6. The Morgan fingerprint density at radius 2 is 1.53 bits per heavy atom. The Morgan fingerprint density at radius 3 is 2.06 bits per heavy atom. The fourth-order valence-corrected chi connectivity index (χ4v) is 1.83. The lowest BCUT2D eigenvalue weighted by molar-refractivity contribution is -0.133. The van der Waals surface area contributed by atoms with Crippen LogP contribution >= 0.6 is 11.6 Å². The van der Waals surface area contributed by atoms with E-state index in [9.17, 15) is 14.4 Å². The first kappa shape index (κ1) is 11.6. The normalized spacial score (nSPS) is 18.5. The first-order valence-corrected chi connectivity index (χ1v) is 5.30. The summed E-state index contributed by atoms with van der Waals surface area (Å²) < 4.78 is 0. The van der Waals surface area contributed by atoms with Gasteiger partial charge < -0.3 is 0 Å². The van der Waals surface area contributed by atoms with Gasteiger partial charge in [-0.25, -0.2) is 4.79 Å². The second kappa shape index (κ2) is 4.18. The third kappa shape index (κ3) is 2.14. The molecule has 0 saturated carbocycles. The summed E-state index contributed by atoms with van der Waals surface area (Å²) in [6.07, 6.45) is 0.0281. The summed E-state index contributed by atoms with van der Waals surface area (Å²) in [5.41, 5.74) is 0.738. The van der Waals surface area contributed by atoms with Crippen molar-refractivity contribution in [2.24, 2.45) is 0 Å². The van der Waals surface area contributed by atoms with E-state index < -0.39 is 22.7 Å². The van der Waals surface area contributed by atoms with Gasteiger partial charge in [-0.15, -0.1) is 0 Å². The van der Waals surface area contributed by atoms with Gasteiger partial charge in [-0.05, 0) is 5.56 Å². The molecule has 1 aliphatic rings. The van der Waals surface area contributed by atoms with Crippen LogP contribution < -0.4 is 10.6 Å².